The maximum atomic E-state index is 13.8. The minimum Gasteiger partial charge on any atom is -0.322 e. The predicted octanol–water partition coefficient (Wildman–Crippen LogP) is 3.81. The molecule has 3 aromatic rings. The Kier molecular flexibility index (Phi) is 4.15. The molecule has 0 radical (unpaired) electrons. The molecule has 3 rings (SSSR count). The van der Waals surface area contributed by atoms with Crippen LogP contribution >= 0.6 is 11.6 Å². The molecule has 6 heteroatoms. The fourth-order valence-electron chi connectivity index (χ4n) is 2.76. The largest absolute Gasteiger partial charge is 0.322 e. The first-order chi connectivity index (χ1) is 11.3. The summed E-state index contributed by atoms with van der Waals surface area (Å²) in [6, 6.07) is 7.53. The molecular formula is C18H17ClFN3O. The lowest BCUT2D eigenvalue weighted by molar-refractivity contribution is 0.615. The van der Waals surface area contributed by atoms with Crippen LogP contribution in [0.5, 0.6) is 0 Å². The molecular weight excluding hydrogens is 329 g/mol. The number of rotatable bonds is 2. The SMILES string of the molecule is Cc1c(F)ccc(-n2c(C(C)N)nc3cccc(Cl)c3c2=O)c1C. The molecule has 0 spiro atoms. The Bertz CT molecular complexity index is 1010. The van der Waals surface area contributed by atoms with E-state index in [0.29, 0.717) is 38.6 Å². The van der Waals surface area contributed by atoms with E-state index in [4.69, 9.17) is 17.3 Å². The van der Waals surface area contributed by atoms with Crippen molar-refractivity contribution < 1.29 is 4.39 Å². The van der Waals surface area contributed by atoms with Crippen LogP contribution in [-0.4, -0.2) is 9.55 Å². The van der Waals surface area contributed by atoms with Crippen LogP contribution in [-0.2, 0) is 0 Å². The highest BCUT2D eigenvalue weighted by molar-refractivity contribution is 6.35. The van der Waals surface area contributed by atoms with E-state index in [1.54, 1.807) is 45.0 Å². The molecule has 2 aromatic carbocycles. The van der Waals surface area contributed by atoms with Gasteiger partial charge >= 0.3 is 0 Å². The average Bonchev–Trinajstić information content (AvgIpc) is 2.53. The standard InChI is InChI=1S/C18H17ClFN3O/c1-9-10(2)15(8-7-13(9)20)23-17(11(3)21)22-14-6-4-5-12(19)16(14)18(23)24/h4-8,11H,21H2,1-3H3. The fraction of sp³-hybridized carbons (Fsp3) is 0.222. The van der Waals surface area contributed by atoms with E-state index < -0.39 is 6.04 Å². The topological polar surface area (TPSA) is 60.9 Å². The monoisotopic (exact) mass is 345 g/mol. The lowest BCUT2D eigenvalue weighted by Gasteiger charge is -2.19. The van der Waals surface area contributed by atoms with Crippen molar-refractivity contribution in [3.63, 3.8) is 0 Å². The van der Waals surface area contributed by atoms with Gasteiger partial charge in [-0.3, -0.25) is 9.36 Å². The van der Waals surface area contributed by atoms with E-state index in [9.17, 15) is 9.18 Å². The summed E-state index contributed by atoms with van der Waals surface area (Å²) in [5, 5.41) is 0.649. The molecule has 0 amide bonds. The third-order valence-corrected chi connectivity index (χ3v) is 4.53. The molecule has 1 unspecified atom stereocenters. The number of nitrogens with zero attached hydrogens (tertiary/aromatic N) is 2. The van der Waals surface area contributed by atoms with Gasteiger partial charge in [-0.1, -0.05) is 17.7 Å². The Labute approximate surface area is 143 Å². The molecule has 0 aliphatic carbocycles. The Morgan fingerprint density at radius 3 is 2.58 bits per heavy atom. The van der Waals surface area contributed by atoms with Crippen molar-refractivity contribution in [2.24, 2.45) is 5.73 Å². The highest BCUT2D eigenvalue weighted by atomic mass is 35.5. The molecule has 1 heterocycles. The highest BCUT2D eigenvalue weighted by Gasteiger charge is 2.19. The van der Waals surface area contributed by atoms with E-state index in [1.807, 2.05) is 0 Å². The van der Waals surface area contributed by atoms with Crippen molar-refractivity contribution in [3.05, 3.63) is 68.5 Å². The van der Waals surface area contributed by atoms with Crippen LogP contribution in [0.15, 0.2) is 35.1 Å². The van der Waals surface area contributed by atoms with Gasteiger partial charge in [-0.25, -0.2) is 9.37 Å². The van der Waals surface area contributed by atoms with Crippen molar-refractivity contribution in [1.29, 1.82) is 0 Å². The van der Waals surface area contributed by atoms with Crippen LogP contribution < -0.4 is 11.3 Å². The van der Waals surface area contributed by atoms with Crippen molar-refractivity contribution in [2.45, 2.75) is 26.8 Å². The molecule has 24 heavy (non-hydrogen) atoms. The second kappa shape index (κ2) is 6.00. The normalized spacial score (nSPS) is 12.6. The molecule has 124 valence electrons. The predicted molar refractivity (Wildman–Crippen MR) is 94.4 cm³/mol. The molecule has 0 saturated carbocycles. The summed E-state index contributed by atoms with van der Waals surface area (Å²) in [7, 11) is 0. The minimum atomic E-state index is -0.481. The van der Waals surface area contributed by atoms with E-state index in [0.717, 1.165) is 0 Å². The zero-order valence-electron chi connectivity index (χ0n) is 13.6. The van der Waals surface area contributed by atoms with Crippen LogP contribution in [0.1, 0.15) is 29.9 Å². The van der Waals surface area contributed by atoms with Crippen LogP contribution in [0.25, 0.3) is 16.6 Å². The molecule has 2 N–H and O–H groups in total. The van der Waals surface area contributed by atoms with Crippen LogP contribution in [0, 0.1) is 19.7 Å². The summed E-state index contributed by atoms with van der Waals surface area (Å²) in [5.41, 5.74) is 7.92. The molecule has 0 fully saturated rings. The van der Waals surface area contributed by atoms with Crippen molar-refractivity contribution in [1.82, 2.24) is 9.55 Å². The van der Waals surface area contributed by atoms with Gasteiger partial charge in [0.2, 0.25) is 0 Å². The summed E-state index contributed by atoms with van der Waals surface area (Å²) >= 11 is 6.21. The van der Waals surface area contributed by atoms with Crippen molar-refractivity contribution >= 4 is 22.5 Å². The van der Waals surface area contributed by atoms with Gasteiger partial charge in [0.15, 0.2) is 0 Å². The van der Waals surface area contributed by atoms with Crippen molar-refractivity contribution in [2.75, 3.05) is 0 Å². The lowest BCUT2D eigenvalue weighted by Crippen LogP contribution is -2.28. The van der Waals surface area contributed by atoms with Gasteiger partial charge in [0.05, 0.1) is 27.7 Å². The molecule has 1 atom stereocenters. The average molecular weight is 346 g/mol. The molecule has 0 saturated heterocycles. The Morgan fingerprint density at radius 2 is 1.92 bits per heavy atom. The van der Waals surface area contributed by atoms with E-state index >= 15 is 0 Å². The summed E-state index contributed by atoms with van der Waals surface area (Å²) in [6.07, 6.45) is 0. The van der Waals surface area contributed by atoms with Crippen molar-refractivity contribution in [3.8, 4) is 5.69 Å². The Hall–Kier alpha value is -2.24. The van der Waals surface area contributed by atoms with Gasteiger partial charge in [-0.2, -0.15) is 0 Å². The molecule has 1 aromatic heterocycles. The molecule has 0 aliphatic heterocycles. The maximum absolute atomic E-state index is 13.8. The fourth-order valence-corrected chi connectivity index (χ4v) is 3.01. The summed E-state index contributed by atoms with van der Waals surface area (Å²) < 4.78 is 15.2. The quantitative estimate of drug-likeness (QED) is 0.768. The van der Waals surface area contributed by atoms with Crippen LogP contribution in [0.4, 0.5) is 4.39 Å². The molecule has 4 nitrogen and oxygen atoms in total. The van der Waals surface area contributed by atoms with Crippen LogP contribution in [0.3, 0.4) is 0 Å². The van der Waals surface area contributed by atoms with Crippen LogP contribution in [0.2, 0.25) is 5.02 Å². The number of nitrogens with two attached hydrogens (primary N) is 1. The second-order valence-corrected chi connectivity index (χ2v) is 6.26. The third kappa shape index (κ3) is 2.50. The summed E-state index contributed by atoms with van der Waals surface area (Å²) in [5.74, 6) is 0.0855. The van der Waals surface area contributed by atoms with Gasteiger partial charge in [0, 0.05) is 0 Å². The first-order valence-corrected chi connectivity index (χ1v) is 7.93. The van der Waals surface area contributed by atoms with E-state index in [-0.39, 0.29) is 11.4 Å². The zero-order chi connectivity index (χ0) is 17.6. The number of halogens is 2. The zero-order valence-corrected chi connectivity index (χ0v) is 14.4. The summed E-state index contributed by atoms with van der Waals surface area (Å²) in [4.78, 5) is 17.6. The number of aromatic nitrogens is 2. The van der Waals surface area contributed by atoms with Gasteiger partial charge in [-0.05, 0) is 56.2 Å². The Balaban J connectivity index is 2.50. The number of fused-ring (bicyclic) bond motifs is 1. The molecule has 0 bridgehead atoms. The first kappa shape index (κ1) is 16.6. The summed E-state index contributed by atoms with van der Waals surface area (Å²) in [6.45, 7) is 5.19. The minimum absolute atomic E-state index is 0.313. The number of benzene rings is 2. The Morgan fingerprint density at radius 1 is 1.21 bits per heavy atom. The smallest absolute Gasteiger partial charge is 0.267 e. The van der Waals surface area contributed by atoms with E-state index in [2.05, 4.69) is 4.98 Å². The third-order valence-electron chi connectivity index (χ3n) is 4.21. The van der Waals surface area contributed by atoms with Gasteiger partial charge in [0.1, 0.15) is 11.6 Å². The first-order valence-electron chi connectivity index (χ1n) is 7.55. The van der Waals surface area contributed by atoms with Gasteiger partial charge < -0.3 is 5.73 Å². The van der Waals surface area contributed by atoms with Gasteiger partial charge in [-0.15, -0.1) is 0 Å². The lowest BCUT2D eigenvalue weighted by atomic mass is 10.1. The molecule has 0 aliphatic rings. The highest BCUT2D eigenvalue weighted by Crippen LogP contribution is 2.25. The van der Waals surface area contributed by atoms with E-state index in [1.165, 1.54) is 10.6 Å². The van der Waals surface area contributed by atoms with Gasteiger partial charge in [0.25, 0.3) is 5.56 Å². The maximum Gasteiger partial charge on any atom is 0.267 e. The number of hydrogen-bond acceptors (Lipinski definition) is 3. The number of hydrogen-bond donors (Lipinski definition) is 1. The second-order valence-electron chi connectivity index (χ2n) is 5.85.